The fraction of sp³-hybridized carbons (Fsp3) is 0.391. The van der Waals surface area contributed by atoms with E-state index in [9.17, 15) is 9.59 Å². The quantitative estimate of drug-likeness (QED) is 0.634. The third-order valence-electron chi connectivity index (χ3n) is 5.79. The second kappa shape index (κ2) is 8.49. The van der Waals surface area contributed by atoms with Gasteiger partial charge in [0.15, 0.2) is 0 Å². The molecule has 1 aromatic carbocycles. The fourth-order valence-corrected chi connectivity index (χ4v) is 4.04. The van der Waals surface area contributed by atoms with Gasteiger partial charge in [-0.15, -0.1) is 0 Å². The van der Waals surface area contributed by atoms with Crippen molar-refractivity contribution in [3.63, 3.8) is 0 Å². The van der Waals surface area contributed by atoms with Crippen LogP contribution in [0.2, 0.25) is 5.02 Å². The molecule has 3 heterocycles. The number of hydrogen-bond donors (Lipinski definition) is 1. The first-order valence-corrected chi connectivity index (χ1v) is 11.0. The van der Waals surface area contributed by atoms with E-state index in [-0.39, 0.29) is 22.9 Å². The first-order chi connectivity index (χ1) is 15.1. The van der Waals surface area contributed by atoms with E-state index in [0.717, 1.165) is 37.3 Å². The molecule has 0 spiro atoms. The van der Waals surface area contributed by atoms with Crippen molar-refractivity contribution in [3.8, 4) is 0 Å². The molecule has 2 fully saturated rings. The van der Waals surface area contributed by atoms with Crippen LogP contribution in [-0.2, 0) is 17.8 Å². The van der Waals surface area contributed by atoms with Gasteiger partial charge in [-0.3, -0.25) is 14.5 Å². The molecule has 3 aromatic rings. The number of pyridine rings is 1. The molecule has 1 amide bonds. The lowest BCUT2D eigenvalue weighted by Gasteiger charge is -2.25. The van der Waals surface area contributed by atoms with Gasteiger partial charge in [0.25, 0.3) is 5.91 Å². The average Bonchev–Trinajstić information content (AvgIpc) is 3.53. The molecule has 0 unspecified atom stereocenters. The smallest absolute Gasteiger partial charge is 0.257 e. The van der Waals surface area contributed by atoms with Gasteiger partial charge in [0, 0.05) is 36.9 Å². The highest BCUT2D eigenvalue weighted by atomic mass is 35.5. The van der Waals surface area contributed by atoms with Crippen LogP contribution in [0.25, 0.3) is 11.1 Å². The Morgan fingerprint density at radius 3 is 2.61 bits per heavy atom. The van der Waals surface area contributed by atoms with Crippen LogP contribution < -0.4 is 10.7 Å². The Kier molecular flexibility index (Phi) is 5.56. The molecular weight excluding hydrogens is 418 g/mol. The van der Waals surface area contributed by atoms with Gasteiger partial charge in [0.05, 0.1) is 25.1 Å². The van der Waals surface area contributed by atoms with Gasteiger partial charge in [-0.05, 0) is 36.6 Å². The summed E-state index contributed by atoms with van der Waals surface area (Å²) in [6.45, 7) is 4.02. The van der Waals surface area contributed by atoms with Gasteiger partial charge in [-0.2, -0.15) is 0 Å². The van der Waals surface area contributed by atoms with Crippen molar-refractivity contribution in [1.82, 2.24) is 14.8 Å². The SMILES string of the molecule is O=C(NCc1ccc(Cl)cc1)c1cn(C2CC2)c2oc(CN3CCOCC3)cc2c1=O. The number of benzene rings is 1. The predicted molar refractivity (Wildman–Crippen MR) is 117 cm³/mol. The number of nitrogens with one attached hydrogen (secondary N) is 1. The van der Waals surface area contributed by atoms with E-state index in [2.05, 4.69) is 10.2 Å². The predicted octanol–water partition coefficient (Wildman–Crippen LogP) is 3.35. The molecule has 1 aliphatic heterocycles. The van der Waals surface area contributed by atoms with Gasteiger partial charge in [0.2, 0.25) is 11.1 Å². The largest absolute Gasteiger partial charge is 0.443 e. The number of aromatic nitrogens is 1. The lowest BCUT2D eigenvalue weighted by Crippen LogP contribution is -2.35. The molecule has 31 heavy (non-hydrogen) atoms. The second-order valence-corrected chi connectivity index (χ2v) is 8.58. The van der Waals surface area contributed by atoms with Crippen molar-refractivity contribution in [2.45, 2.75) is 32.0 Å². The minimum Gasteiger partial charge on any atom is -0.443 e. The van der Waals surface area contributed by atoms with Crippen LogP contribution in [0.3, 0.4) is 0 Å². The summed E-state index contributed by atoms with van der Waals surface area (Å²) in [5.74, 6) is 0.356. The van der Waals surface area contributed by atoms with Crippen molar-refractivity contribution in [3.05, 3.63) is 68.7 Å². The number of halogens is 1. The van der Waals surface area contributed by atoms with Crippen molar-refractivity contribution in [2.75, 3.05) is 26.3 Å². The number of carbonyl (C=O) groups excluding carboxylic acids is 1. The van der Waals surface area contributed by atoms with Crippen LogP contribution in [0.1, 0.15) is 40.6 Å². The van der Waals surface area contributed by atoms with Crippen LogP contribution in [0, 0.1) is 0 Å². The number of nitrogens with zero attached hydrogens (tertiary/aromatic N) is 2. The number of rotatable bonds is 6. The Morgan fingerprint density at radius 1 is 1.16 bits per heavy atom. The van der Waals surface area contributed by atoms with Crippen molar-refractivity contribution >= 4 is 28.6 Å². The summed E-state index contributed by atoms with van der Waals surface area (Å²) in [4.78, 5) is 28.2. The Morgan fingerprint density at radius 2 is 1.90 bits per heavy atom. The maximum absolute atomic E-state index is 13.1. The summed E-state index contributed by atoms with van der Waals surface area (Å²) in [6, 6.07) is 9.31. The summed E-state index contributed by atoms with van der Waals surface area (Å²) in [7, 11) is 0. The first kappa shape index (κ1) is 20.3. The number of hydrogen-bond acceptors (Lipinski definition) is 5. The van der Waals surface area contributed by atoms with Crippen LogP contribution in [-0.4, -0.2) is 41.7 Å². The van der Waals surface area contributed by atoms with E-state index < -0.39 is 0 Å². The van der Waals surface area contributed by atoms with Gasteiger partial charge < -0.3 is 19.0 Å². The molecule has 5 rings (SSSR count). The second-order valence-electron chi connectivity index (χ2n) is 8.14. The topological polar surface area (TPSA) is 76.7 Å². The van der Waals surface area contributed by atoms with Gasteiger partial charge in [-0.1, -0.05) is 23.7 Å². The summed E-state index contributed by atoms with van der Waals surface area (Å²) in [5.41, 5.74) is 1.33. The maximum Gasteiger partial charge on any atom is 0.257 e. The molecule has 162 valence electrons. The lowest BCUT2D eigenvalue weighted by atomic mass is 10.1. The van der Waals surface area contributed by atoms with Crippen molar-refractivity contribution in [1.29, 1.82) is 0 Å². The summed E-state index contributed by atoms with van der Waals surface area (Å²) in [5, 5.41) is 3.96. The molecule has 1 saturated heterocycles. The van der Waals surface area contributed by atoms with Crippen LogP contribution in [0.4, 0.5) is 0 Å². The Hall–Kier alpha value is -2.61. The van der Waals surface area contributed by atoms with Crippen LogP contribution in [0.5, 0.6) is 0 Å². The van der Waals surface area contributed by atoms with E-state index in [1.807, 2.05) is 16.7 Å². The number of furan rings is 1. The lowest BCUT2D eigenvalue weighted by molar-refractivity contribution is 0.0315. The van der Waals surface area contributed by atoms with E-state index in [1.165, 1.54) is 0 Å². The van der Waals surface area contributed by atoms with E-state index >= 15 is 0 Å². The first-order valence-electron chi connectivity index (χ1n) is 10.6. The molecule has 0 bridgehead atoms. The molecule has 0 radical (unpaired) electrons. The van der Waals surface area contributed by atoms with Crippen molar-refractivity contribution in [2.24, 2.45) is 0 Å². The molecule has 1 N–H and O–H groups in total. The molecule has 8 heteroatoms. The number of amides is 1. The standard InChI is InChI=1S/C23H24ClN3O4/c24-16-3-1-15(2-4-16)12-25-22(29)20-14-27(17-5-6-17)23-19(21(20)28)11-18(31-23)13-26-7-9-30-10-8-26/h1-4,11,14,17H,5-10,12-13H2,(H,25,29). The summed E-state index contributed by atoms with van der Waals surface area (Å²) < 4.78 is 13.5. The molecular formula is C23H24ClN3O4. The maximum atomic E-state index is 13.1. The van der Waals surface area contributed by atoms with Crippen LogP contribution in [0.15, 0.2) is 45.7 Å². The minimum atomic E-state index is -0.382. The zero-order valence-corrected chi connectivity index (χ0v) is 17.9. The molecule has 7 nitrogen and oxygen atoms in total. The van der Waals surface area contributed by atoms with Gasteiger partial charge in [0.1, 0.15) is 11.3 Å². The van der Waals surface area contributed by atoms with Gasteiger partial charge in [-0.25, -0.2) is 0 Å². The highest BCUT2D eigenvalue weighted by molar-refractivity contribution is 6.30. The third kappa shape index (κ3) is 4.39. The molecule has 0 atom stereocenters. The average molecular weight is 442 g/mol. The number of morpholine rings is 1. The zero-order valence-electron chi connectivity index (χ0n) is 17.1. The van der Waals surface area contributed by atoms with Crippen LogP contribution >= 0.6 is 11.6 Å². The fourth-order valence-electron chi connectivity index (χ4n) is 3.91. The molecule has 2 aromatic heterocycles. The highest BCUT2D eigenvalue weighted by Crippen LogP contribution is 2.37. The van der Waals surface area contributed by atoms with E-state index in [1.54, 1.807) is 24.4 Å². The molecule has 1 saturated carbocycles. The third-order valence-corrected chi connectivity index (χ3v) is 6.04. The van der Waals surface area contributed by atoms with Crippen molar-refractivity contribution < 1.29 is 13.9 Å². The Bertz CT molecular complexity index is 1160. The minimum absolute atomic E-state index is 0.145. The molecule has 2 aliphatic rings. The van der Waals surface area contributed by atoms with E-state index in [4.69, 9.17) is 20.8 Å². The summed E-state index contributed by atoms with van der Waals surface area (Å²) in [6.07, 6.45) is 3.69. The number of carbonyl (C=O) groups is 1. The normalized spacial score (nSPS) is 17.2. The van der Waals surface area contributed by atoms with E-state index in [0.29, 0.717) is 42.4 Å². The Labute approximate surface area is 184 Å². The highest BCUT2D eigenvalue weighted by Gasteiger charge is 2.29. The number of fused-ring (bicyclic) bond motifs is 1. The summed E-state index contributed by atoms with van der Waals surface area (Å²) >= 11 is 5.91. The van der Waals surface area contributed by atoms with Gasteiger partial charge >= 0.3 is 0 Å². The molecule has 1 aliphatic carbocycles. The Balaban J connectivity index is 1.42. The number of ether oxygens (including phenoxy) is 1. The monoisotopic (exact) mass is 441 g/mol. The zero-order chi connectivity index (χ0) is 21.4.